The lowest BCUT2D eigenvalue weighted by atomic mass is 10.00. The SMILES string of the molecule is CCC1=C(C)/C(=C/c2ccc(SC)cc2)c2cc(OC=O)c(F)cc21. The van der Waals surface area contributed by atoms with Crippen molar-refractivity contribution in [2.75, 3.05) is 6.26 Å². The van der Waals surface area contributed by atoms with E-state index in [1.807, 2.05) is 6.26 Å². The van der Waals surface area contributed by atoms with Gasteiger partial charge in [0.05, 0.1) is 0 Å². The van der Waals surface area contributed by atoms with E-state index in [-0.39, 0.29) is 12.2 Å². The van der Waals surface area contributed by atoms with E-state index in [1.165, 1.54) is 11.0 Å². The third-order valence-electron chi connectivity index (χ3n) is 4.50. The van der Waals surface area contributed by atoms with Crippen molar-refractivity contribution in [3.63, 3.8) is 0 Å². The van der Waals surface area contributed by atoms with Crippen LogP contribution in [-0.4, -0.2) is 12.7 Å². The summed E-state index contributed by atoms with van der Waals surface area (Å²) in [5.74, 6) is -0.558. The summed E-state index contributed by atoms with van der Waals surface area (Å²) in [4.78, 5) is 11.8. The van der Waals surface area contributed by atoms with Gasteiger partial charge in [0, 0.05) is 4.90 Å². The molecule has 0 atom stereocenters. The fraction of sp³-hybridized carbons (Fsp3) is 0.190. The van der Waals surface area contributed by atoms with E-state index < -0.39 is 5.82 Å². The highest BCUT2D eigenvalue weighted by atomic mass is 32.2. The summed E-state index contributed by atoms with van der Waals surface area (Å²) < 4.78 is 19.0. The Morgan fingerprint density at radius 2 is 1.88 bits per heavy atom. The molecule has 2 aromatic rings. The number of hydrogen-bond donors (Lipinski definition) is 0. The second-order valence-corrected chi connectivity index (χ2v) is 6.71. The van der Waals surface area contributed by atoms with Crippen LogP contribution >= 0.6 is 11.8 Å². The van der Waals surface area contributed by atoms with E-state index in [0.29, 0.717) is 0 Å². The molecule has 128 valence electrons. The monoisotopic (exact) mass is 354 g/mol. The number of carbonyl (C=O) groups excluding carboxylic acids is 1. The van der Waals surface area contributed by atoms with Crippen LogP contribution in [0.2, 0.25) is 0 Å². The summed E-state index contributed by atoms with van der Waals surface area (Å²) in [6.45, 7) is 4.37. The molecule has 0 saturated carbocycles. The number of benzene rings is 2. The standard InChI is InChI=1S/C21H19FO2S/c1-4-16-13(2)17(9-14-5-7-15(25-3)8-6-14)19-11-21(24-12-23)20(22)10-18(16)19/h5-12H,4H2,1-3H3/b17-9-. The number of ether oxygens (including phenoxy) is 1. The molecule has 0 saturated heterocycles. The molecule has 0 aliphatic heterocycles. The molecule has 2 aromatic carbocycles. The molecule has 0 heterocycles. The topological polar surface area (TPSA) is 26.3 Å². The molecule has 1 aliphatic carbocycles. The Balaban J connectivity index is 2.14. The highest BCUT2D eigenvalue weighted by Gasteiger charge is 2.25. The van der Waals surface area contributed by atoms with Gasteiger partial charge < -0.3 is 4.74 Å². The Bertz CT molecular complexity index is 880. The summed E-state index contributed by atoms with van der Waals surface area (Å²) in [6, 6.07) is 11.4. The first kappa shape index (κ1) is 17.5. The van der Waals surface area contributed by atoms with Gasteiger partial charge in [0.1, 0.15) is 0 Å². The van der Waals surface area contributed by atoms with E-state index in [1.54, 1.807) is 17.8 Å². The maximum atomic E-state index is 14.2. The largest absolute Gasteiger partial charge is 0.426 e. The van der Waals surface area contributed by atoms with Crippen LogP contribution in [0, 0.1) is 5.82 Å². The molecule has 3 rings (SSSR count). The van der Waals surface area contributed by atoms with Crippen LogP contribution in [0.4, 0.5) is 4.39 Å². The maximum absolute atomic E-state index is 14.2. The van der Waals surface area contributed by atoms with Gasteiger partial charge >= 0.3 is 0 Å². The van der Waals surface area contributed by atoms with E-state index in [2.05, 4.69) is 44.2 Å². The minimum atomic E-state index is -0.518. The second-order valence-electron chi connectivity index (χ2n) is 5.83. The number of allylic oxidation sites excluding steroid dienone is 3. The van der Waals surface area contributed by atoms with Gasteiger partial charge in [-0.25, -0.2) is 4.39 Å². The van der Waals surface area contributed by atoms with Crippen LogP contribution in [-0.2, 0) is 4.79 Å². The van der Waals surface area contributed by atoms with Crippen LogP contribution in [0.1, 0.15) is 37.0 Å². The molecular weight excluding hydrogens is 335 g/mol. The Morgan fingerprint density at radius 3 is 2.48 bits per heavy atom. The average Bonchev–Trinajstić information content (AvgIpc) is 2.87. The molecule has 2 nitrogen and oxygen atoms in total. The zero-order valence-corrected chi connectivity index (χ0v) is 15.2. The third kappa shape index (κ3) is 3.27. The van der Waals surface area contributed by atoms with Gasteiger partial charge in [-0.1, -0.05) is 19.1 Å². The van der Waals surface area contributed by atoms with Gasteiger partial charge in [-0.3, -0.25) is 4.79 Å². The highest BCUT2D eigenvalue weighted by Crippen LogP contribution is 2.45. The van der Waals surface area contributed by atoms with Crippen molar-refractivity contribution in [3.8, 4) is 5.75 Å². The van der Waals surface area contributed by atoms with Gasteiger partial charge in [-0.15, -0.1) is 11.8 Å². The van der Waals surface area contributed by atoms with Gasteiger partial charge in [0.15, 0.2) is 11.6 Å². The molecule has 0 radical (unpaired) electrons. The number of thioether (sulfide) groups is 1. The number of hydrogen-bond acceptors (Lipinski definition) is 3. The van der Waals surface area contributed by atoms with E-state index in [0.717, 1.165) is 39.8 Å². The molecule has 0 spiro atoms. The fourth-order valence-electron chi connectivity index (χ4n) is 3.24. The summed E-state index contributed by atoms with van der Waals surface area (Å²) in [7, 11) is 0. The first-order chi connectivity index (χ1) is 12.1. The average molecular weight is 354 g/mol. The van der Waals surface area contributed by atoms with Crippen molar-refractivity contribution in [1.82, 2.24) is 0 Å². The molecule has 4 heteroatoms. The van der Waals surface area contributed by atoms with Crippen LogP contribution in [0.5, 0.6) is 5.75 Å². The van der Waals surface area contributed by atoms with Crippen molar-refractivity contribution in [1.29, 1.82) is 0 Å². The molecule has 0 fully saturated rings. The predicted octanol–water partition coefficient (Wildman–Crippen LogP) is 5.82. The summed E-state index contributed by atoms with van der Waals surface area (Å²) in [5.41, 5.74) is 6.16. The molecular formula is C21H19FO2S. The quantitative estimate of drug-likeness (QED) is 0.500. The lowest BCUT2D eigenvalue weighted by Crippen LogP contribution is -1.95. The van der Waals surface area contributed by atoms with Crippen molar-refractivity contribution >= 4 is 35.5 Å². The maximum Gasteiger partial charge on any atom is 0.298 e. The summed E-state index contributed by atoms with van der Waals surface area (Å²) in [5, 5.41) is 0. The normalized spacial score (nSPS) is 14.8. The second kappa shape index (κ2) is 7.28. The van der Waals surface area contributed by atoms with Crippen LogP contribution < -0.4 is 4.74 Å². The Labute approximate surface area is 151 Å². The van der Waals surface area contributed by atoms with Crippen molar-refractivity contribution in [2.24, 2.45) is 0 Å². The van der Waals surface area contributed by atoms with Crippen LogP contribution in [0.25, 0.3) is 17.2 Å². The van der Waals surface area contributed by atoms with Crippen LogP contribution in [0.15, 0.2) is 46.9 Å². The Morgan fingerprint density at radius 1 is 1.16 bits per heavy atom. The lowest BCUT2D eigenvalue weighted by Gasteiger charge is -2.08. The Hall–Kier alpha value is -2.33. The Kier molecular flexibility index (Phi) is 5.09. The minimum Gasteiger partial charge on any atom is -0.426 e. The summed E-state index contributed by atoms with van der Waals surface area (Å²) >= 11 is 1.70. The van der Waals surface area contributed by atoms with E-state index in [4.69, 9.17) is 4.74 Å². The van der Waals surface area contributed by atoms with Crippen molar-refractivity contribution < 1.29 is 13.9 Å². The third-order valence-corrected chi connectivity index (χ3v) is 5.24. The van der Waals surface area contributed by atoms with Gasteiger partial charge in [-0.2, -0.15) is 0 Å². The molecule has 25 heavy (non-hydrogen) atoms. The van der Waals surface area contributed by atoms with Gasteiger partial charge in [-0.05, 0) is 83.4 Å². The van der Waals surface area contributed by atoms with Crippen molar-refractivity contribution in [3.05, 3.63) is 64.5 Å². The molecule has 0 unspecified atom stereocenters. The molecule has 1 aliphatic rings. The van der Waals surface area contributed by atoms with Gasteiger partial charge in [0.2, 0.25) is 0 Å². The summed E-state index contributed by atoms with van der Waals surface area (Å²) in [6.07, 6.45) is 4.96. The fourth-order valence-corrected chi connectivity index (χ4v) is 3.65. The molecule has 0 N–H and O–H groups in total. The first-order valence-electron chi connectivity index (χ1n) is 8.09. The number of rotatable bonds is 5. The number of fused-ring (bicyclic) bond motifs is 1. The zero-order valence-electron chi connectivity index (χ0n) is 14.4. The minimum absolute atomic E-state index is 0.0393. The zero-order chi connectivity index (χ0) is 18.0. The lowest BCUT2D eigenvalue weighted by molar-refractivity contribution is -0.120. The molecule has 0 bridgehead atoms. The highest BCUT2D eigenvalue weighted by molar-refractivity contribution is 7.98. The number of halogens is 1. The number of carbonyl (C=O) groups is 1. The molecule has 0 amide bonds. The predicted molar refractivity (Wildman–Crippen MR) is 102 cm³/mol. The van der Waals surface area contributed by atoms with Crippen molar-refractivity contribution in [2.45, 2.75) is 25.2 Å². The molecule has 0 aromatic heterocycles. The van der Waals surface area contributed by atoms with E-state index >= 15 is 0 Å². The van der Waals surface area contributed by atoms with Crippen LogP contribution in [0.3, 0.4) is 0 Å². The van der Waals surface area contributed by atoms with Gasteiger partial charge in [0.25, 0.3) is 6.47 Å². The van der Waals surface area contributed by atoms with E-state index in [9.17, 15) is 9.18 Å². The first-order valence-corrected chi connectivity index (χ1v) is 9.32. The smallest absolute Gasteiger partial charge is 0.298 e.